The van der Waals surface area contributed by atoms with Gasteiger partial charge in [-0.25, -0.2) is 0 Å². The van der Waals surface area contributed by atoms with Crippen molar-refractivity contribution in [2.75, 3.05) is 13.2 Å². The van der Waals surface area contributed by atoms with Gasteiger partial charge < -0.3 is 23.8 Å². The van der Waals surface area contributed by atoms with Crippen molar-refractivity contribution in [3.8, 4) is 0 Å². The average molecular weight is 663 g/mol. The van der Waals surface area contributed by atoms with Crippen LogP contribution in [0.1, 0.15) is 206 Å². The molecular weight excluding hydrogens is 584 g/mol. The third kappa shape index (κ3) is 37.4. The van der Waals surface area contributed by atoms with Crippen LogP contribution in [0.15, 0.2) is 24.3 Å². The second-order valence-corrected chi connectivity index (χ2v) is 13.4. The van der Waals surface area contributed by atoms with E-state index in [1.807, 2.05) is 0 Å². The predicted octanol–water partition coefficient (Wildman–Crippen LogP) is 12.9. The fourth-order valence-corrected chi connectivity index (χ4v) is 5.74. The molecule has 0 aliphatic carbocycles. The van der Waals surface area contributed by atoms with Gasteiger partial charge in [-0.2, -0.15) is 0 Å². The van der Waals surface area contributed by atoms with Gasteiger partial charge in [0.25, 0.3) is 0 Å². The minimum absolute atomic E-state index is 0.387. The van der Waals surface area contributed by atoms with E-state index in [0.29, 0.717) is 26.1 Å². The van der Waals surface area contributed by atoms with E-state index in [4.69, 9.17) is 14.2 Å². The second kappa shape index (κ2) is 40.9. The van der Waals surface area contributed by atoms with Gasteiger partial charge >= 0.3 is 0 Å². The van der Waals surface area contributed by atoms with E-state index in [2.05, 4.69) is 38.2 Å². The molecule has 0 spiro atoms. The van der Waals surface area contributed by atoms with Gasteiger partial charge in [0.2, 0.25) is 0 Å². The van der Waals surface area contributed by atoms with E-state index >= 15 is 0 Å². The Morgan fingerprint density at radius 1 is 0.383 bits per heavy atom. The number of carbonyl (C=O) groups excluding carboxylic acids is 2. The Morgan fingerprint density at radius 2 is 0.681 bits per heavy atom. The number of hydrogen-bond acceptors (Lipinski definition) is 5. The zero-order valence-corrected chi connectivity index (χ0v) is 31.3. The van der Waals surface area contributed by atoms with Crippen LogP contribution in [0.3, 0.4) is 0 Å². The molecule has 2 atom stereocenters. The van der Waals surface area contributed by atoms with Crippen molar-refractivity contribution >= 4 is 12.6 Å². The Kier molecular flexibility index (Phi) is 39.7. The number of ether oxygens (including phenoxy) is 3. The molecule has 0 bridgehead atoms. The molecule has 0 radical (unpaired) electrons. The Balaban J connectivity index is 4.84. The Hall–Kier alpha value is -1.30. The number of aldehydes is 2. The summed E-state index contributed by atoms with van der Waals surface area (Å²) in [7, 11) is 0. The summed E-state index contributed by atoms with van der Waals surface area (Å²) < 4.78 is 19.0. The van der Waals surface area contributed by atoms with Crippen LogP contribution in [-0.2, 0) is 23.8 Å². The van der Waals surface area contributed by atoms with Gasteiger partial charge in [-0.05, 0) is 63.5 Å². The molecular formula is C42H78O5. The highest BCUT2D eigenvalue weighted by Crippen LogP contribution is 2.15. The lowest BCUT2D eigenvalue weighted by molar-refractivity contribution is -0.208. The largest absolute Gasteiger partial charge is 0.349 e. The Bertz CT molecular complexity index is 620. The van der Waals surface area contributed by atoms with Gasteiger partial charge in [0.1, 0.15) is 12.6 Å². The fraction of sp³-hybridized carbons (Fsp3) is 0.857. The van der Waals surface area contributed by atoms with Crippen LogP contribution in [-0.4, -0.2) is 38.4 Å². The van der Waals surface area contributed by atoms with E-state index < -0.39 is 0 Å². The van der Waals surface area contributed by atoms with Gasteiger partial charge in [-0.1, -0.05) is 154 Å². The van der Waals surface area contributed by atoms with Crippen molar-refractivity contribution in [3.05, 3.63) is 24.3 Å². The molecule has 0 aliphatic rings. The average Bonchev–Trinajstić information content (AvgIpc) is 3.08. The summed E-state index contributed by atoms with van der Waals surface area (Å²) >= 11 is 0. The standard InChI is InChI=1S/C42H78O5/c1-3-5-7-9-27-33-39-45-41(35-29-23-19-15-11-13-17-21-25-31-37-43)47-42(46-40-34-28-10-8-6-4-2)36-30-24-20-16-12-14-18-22-26-32-38-44/h29-30,35-38,41-42H,3-28,31-34,39-40H2,1-2H3. The molecule has 2 unspecified atom stereocenters. The summed E-state index contributed by atoms with van der Waals surface area (Å²) in [6.45, 7) is 5.95. The smallest absolute Gasteiger partial charge is 0.180 e. The maximum absolute atomic E-state index is 10.5. The van der Waals surface area contributed by atoms with Gasteiger partial charge in [0.15, 0.2) is 12.6 Å². The maximum atomic E-state index is 10.5. The molecule has 0 aromatic carbocycles. The van der Waals surface area contributed by atoms with E-state index in [1.165, 1.54) is 141 Å². The van der Waals surface area contributed by atoms with Crippen molar-refractivity contribution in [3.63, 3.8) is 0 Å². The monoisotopic (exact) mass is 663 g/mol. The zero-order chi connectivity index (χ0) is 34.1. The minimum Gasteiger partial charge on any atom is -0.349 e. The maximum Gasteiger partial charge on any atom is 0.180 e. The molecule has 0 heterocycles. The third-order valence-corrected chi connectivity index (χ3v) is 8.80. The first-order chi connectivity index (χ1) is 23.3. The number of allylic oxidation sites excluding steroid dienone is 2. The van der Waals surface area contributed by atoms with Crippen LogP contribution >= 0.6 is 0 Å². The molecule has 0 aliphatic heterocycles. The van der Waals surface area contributed by atoms with Crippen LogP contribution in [0.4, 0.5) is 0 Å². The normalized spacial score (nSPS) is 13.1. The SMILES string of the molecule is CCCCCCCCOC(C=CCCCCCCCCCC=O)OC(C=CCCCCCCCCCC=O)OCCCCCCCC. The topological polar surface area (TPSA) is 61.8 Å². The molecule has 0 aromatic heterocycles. The van der Waals surface area contributed by atoms with Crippen LogP contribution < -0.4 is 0 Å². The van der Waals surface area contributed by atoms with Crippen molar-refractivity contribution < 1.29 is 23.8 Å². The summed E-state index contributed by atoms with van der Waals surface area (Å²) in [6.07, 6.45) is 45.3. The molecule has 5 heteroatoms. The molecule has 47 heavy (non-hydrogen) atoms. The zero-order valence-electron chi connectivity index (χ0n) is 31.3. The van der Waals surface area contributed by atoms with Crippen molar-refractivity contribution in [2.24, 2.45) is 0 Å². The van der Waals surface area contributed by atoms with Crippen molar-refractivity contribution in [2.45, 2.75) is 219 Å². The van der Waals surface area contributed by atoms with Crippen molar-refractivity contribution in [1.29, 1.82) is 0 Å². The summed E-state index contributed by atoms with van der Waals surface area (Å²) in [5.74, 6) is 0. The molecule has 5 nitrogen and oxygen atoms in total. The van der Waals surface area contributed by atoms with E-state index in [-0.39, 0.29) is 12.6 Å². The second-order valence-electron chi connectivity index (χ2n) is 13.4. The summed E-state index contributed by atoms with van der Waals surface area (Å²) in [5.41, 5.74) is 0. The van der Waals surface area contributed by atoms with Gasteiger partial charge in [-0.15, -0.1) is 0 Å². The molecule has 0 saturated heterocycles. The number of hydrogen-bond donors (Lipinski definition) is 0. The molecule has 0 fully saturated rings. The summed E-state index contributed by atoms with van der Waals surface area (Å²) in [6, 6.07) is 0. The van der Waals surface area contributed by atoms with Gasteiger partial charge in [0.05, 0.1) is 13.2 Å². The molecule has 276 valence electrons. The highest BCUT2D eigenvalue weighted by molar-refractivity contribution is 5.49. The first kappa shape index (κ1) is 45.7. The fourth-order valence-electron chi connectivity index (χ4n) is 5.74. The van der Waals surface area contributed by atoms with E-state index in [1.54, 1.807) is 0 Å². The lowest BCUT2D eigenvalue weighted by Gasteiger charge is -2.22. The predicted molar refractivity (Wildman–Crippen MR) is 201 cm³/mol. The first-order valence-electron chi connectivity index (χ1n) is 20.4. The molecule has 0 aromatic rings. The lowest BCUT2D eigenvalue weighted by Crippen LogP contribution is -2.25. The van der Waals surface area contributed by atoms with E-state index in [9.17, 15) is 9.59 Å². The van der Waals surface area contributed by atoms with Crippen LogP contribution in [0.5, 0.6) is 0 Å². The summed E-state index contributed by atoms with van der Waals surface area (Å²) in [5, 5.41) is 0. The van der Waals surface area contributed by atoms with Gasteiger partial charge in [0, 0.05) is 12.8 Å². The van der Waals surface area contributed by atoms with Crippen LogP contribution in [0.2, 0.25) is 0 Å². The van der Waals surface area contributed by atoms with Crippen molar-refractivity contribution in [1.82, 2.24) is 0 Å². The minimum atomic E-state index is -0.387. The van der Waals surface area contributed by atoms with E-state index in [0.717, 1.165) is 51.1 Å². The Labute approximate surface area is 292 Å². The van der Waals surface area contributed by atoms with Crippen LogP contribution in [0, 0.1) is 0 Å². The quantitative estimate of drug-likeness (QED) is 0.0283. The van der Waals surface area contributed by atoms with Gasteiger partial charge in [-0.3, -0.25) is 0 Å². The highest BCUT2D eigenvalue weighted by Gasteiger charge is 2.13. The number of carbonyl (C=O) groups is 2. The molecule has 0 saturated carbocycles. The highest BCUT2D eigenvalue weighted by atomic mass is 16.8. The third-order valence-electron chi connectivity index (χ3n) is 8.80. The Morgan fingerprint density at radius 3 is 1.02 bits per heavy atom. The molecule has 0 rings (SSSR count). The number of unbranched alkanes of at least 4 members (excludes halogenated alkanes) is 26. The van der Waals surface area contributed by atoms with Crippen LogP contribution in [0.25, 0.3) is 0 Å². The molecule has 0 N–H and O–H groups in total. The summed E-state index contributed by atoms with van der Waals surface area (Å²) in [4.78, 5) is 20.9. The first-order valence-corrected chi connectivity index (χ1v) is 20.4. The molecule has 0 amide bonds. The number of rotatable bonds is 40. The lowest BCUT2D eigenvalue weighted by atomic mass is 10.1.